The lowest BCUT2D eigenvalue weighted by atomic mass is 10.0. The van der Waals surface area contributed by atoms with E-state index in [2.05, 4.69) is 23.3 Å². The monoisotopic (exact) mass is 285 g/mol. The van der Waals surface area contributed by atoms with Crippen molar-refractivity contribution in [2.24, 2.45) is 0 Å². The van der Waals surface area contributed by atoms with Crippen LogP contribution in [0, 0.1) is 25.2 Å². The first-order chi connectivity index (χ1) is 9.61. The van der Waals surface area contributed by atoms with Gasteiger partial charge in [-0.1, -0.05) is 30.3 Å². The van der Waals surface area contributed by atoms with E-state index in [0.717, 1.165) is 16.3 Å². The number of nitriles is 1. The molecule has 1 heterocycles. The van der Waals surface area contributed by atoms with Gasteiger partial charge in [-0.2, -0.15) is 5.26 Å². The molecular weight excluding hydrogens is 266 g/mol. The molecule has 1 N–H and O–H groups in total. The fourth-order valence-electron chi connectivity index (χ4n) is 2.26. The Morgan fingerprint density at radius 2 is 2.00 bits per heavy atom. The van der Waals surface area contributed by atoms with Crippen molar-refractivity contribution in [1.82, 2.24) is 10.3 Å². The molecule has 0 aliphatic rings. The van der Waals surface area contributed by atoms with Gasteiger partial charge in [0.1, 0.15) is 0 Å². The van der Waals surface area contributed by atoms with Crippen LogP contribution in [0.3, 0.4) is 0 Å². The molecule has 2 unspecified atom stereocenters. The van der Waals surface area contributed by atoms with Crippen molar-refractivity contribution >= 4 is 11.3 Å². The lowest BCUT2D eigenvalue weighted by Gasteiger charge is -2.16. The number of benzene rings is 1. The fraction of sp³-hybridized carbons (Fsp3) is 0.375. The highest BCUT2D eigenvalue weighted by Crippen LogP contribution is 2.25. The van der Waals surface area contributed by atoms with Gasteiger partial charge >= 0.3 is 0 Å². The zero-order chi connectivity index (χ0) is 14.5. The molecule has 4 heteroatoms. The Bertz CT molecular complexity index is 598. The minimum Gasteiger partial charge on any atom is -0.308 e. The first-order valence-electron chi connectivity index (χ1n) is 6.73. The number of aromatic nitrogens is 1. The molecule has 2 rings (SSSR count). The van der Waals surface area contributed by atoms with E-state index in [1.54, 1.807) is 11.3 Å². The van der Waals surface area contributed by atoms with Crippen molar-refractivity contribution in [1.29, 1.82) is 5.26 Å². The molecule has 0 saturated carbocycles. The van der Waals surface area contributed by atoms with Crippen LogP contribution >= 0.6 is 11.3 Å². The molecule has 0 radical (unpaired) electrons. The predicted octanol–water partition coefficient (Wildman–Crippen LogP) is 3.72. The minimum atomic E-state index is -0.118. The number of hydrogen-bond acceptors (Lipinski definition) is 4. The molecule has 20 heavy (non-hydrogen) atoms. The molecule has 0 amide bonds. The molecule has 1 aromatic carbocycles. The standard InChI is InChI=1S/C16H19N3S/c1-11(16-12(2)19-13(3)20-16)18-10-15(9-17)14-7-5-4-6-8-14/h4-8,11,15,18H,10H2,1-3H3. The quantitative estimate of drug-likeness (QED) is 0.911. The molecule has 2 atom stereocenters. The fourth-order valence-corrected chi connectivity index (χ4v) is 3.21. The Morgan fingerprint density at radius 1 is 1.30 bits per heavy atom. The summed E-state index contributed by atoms with van der Waals surface area (Å²) in [6.07, 6.45) is 0. The molecule has 0 aliphatic carbocycles. The van der Waals surface area contributed by atoms with Gasteiger partial charge in [-0.05, 0) is 26.3 Å². The van der Waals surface area contributed by atoms with Crippen molar-refractivity contribution in [2.45, 2.75) is 32.7 Å². The van der Waals surface area contributed by atoms with Crippen LogP contribution in [-0.2, 0) is 0 Å². The van der Waals surface area contributed by atoms with Gasteiger partial charge in [0.05, 0.1) is 22.7 Å². The maximum Gasteiger partial charge on any atom is 0.0900 e. The van der Waals surface area contributed by atoms with Gasteiger partial charge < -0.3 is 5.32 Å². The van der Waals surface area contributed by atoms with Crippen LogP contribution in [0.2, 0.25) is 0 Å². The average molecular weight is 285 g/mol. The molecule has 0 aliphatic heterocycles. The lowest BCUT2D eigenvalue weighted by Crippen LogP contribution is -2.24. The third-order valence-electron chi connectivity index (χ3n) is 3.32. The SMILES string of the molecule is Cc1nc(C)c(C(C)NCC(C#N)c2ccccc2)s1. The summed E-state index contributed by atoms with van der Waals surface area (Å²) in [6, 6.07) is 12.5. The third-order valence-corrected chi connectivity index (χ3v) is 4.57. The second kappa shape index (κ2) is 6.65. The van der Waals surface area contributed by atoms with Crippen molar-refractivity contribution in [3.05, 3.63) is 51.5 Å². The van der Waals surface area contributed by atoms with Gasteiger partial charge in [-0.3, -0.25) is 0 Å². The summed E-state index contributed by atoms with van der Waals surface area (Å²) >= 11 is 1.72. The molecule has 0 saturated heterocycles. The molecule has 0 fully saturated rings. The maximum atomic E-state index is 9.32. The van der Waals surface area contributed by atoms with E-state index in [9.17, 15) is 5.26 Å². The second-order valence-corrected chi connectivity index (χ2v) is 6.14. The maximum absolute atomic E-state index is 9.32. The summed E-state index contributed by atoms with van der Waals surface area (Å²) in [4.78, 5) is 5.71. The Hall–Kier alpha value is -1.70. The molecule has 0 bridgehead atoms. The van der Waals surface area contributed by atoms with Gasteiger partial charge in [0.25, 0.3) is 0 Å². The Balaban J connectivity index is 2.01. The Kier molecular flexibility index (Phi) is 4.89. The molecule has 104 valence electrons. The van der Waals surface area contributed by atoms with Gasteiger partial charge in [0.2, 0.25) is 0 Å². The number of rotatable bonds is 5. The highest BCUT2D eigenvalue weighted by Gasteiger charge is 2.15. The van der Waals surface area contributed by atoms with Crippen molar-refractivity contribution in [3.63, 3.8) is 0 Å². The van der Waals surface area contributed by atoms with Gasteiger partial charge in [-0.15, -0.1) is 11.3 Å². The smallest absolute Gasteiger partial charge is 0.0900 e. The van der Waals surface area contributed by atoms with Crippen molar-refractivity contribution in [3.8, 4) is 6.07 Å². The van der Waals surface area contributed by atoms with Crippen LogP contribution in [0.4, 0.5) is 0 Å². The average Bonchev–Trinajstić information content (AvgIpc) is 2.79. The predicted molar refractivity (Wildman–Crippen MR) is 82.8 cm³/mol. The molecule has 1 aromatic heterocycles. The van der Waals surface area contributed by atoms with Crippen LogP contribution in [-0.4, -0.2) is 11.5 Å². The second-order valence-electron chi connectivity index (χ2n) is 4.90. The van der Waals surface area contributed by atoms with Crippen LogP contribution in [0.25, 0.3) is 0 Å². The summed E-state index contributed by atoms with van der Waals surface area (Å²) < 4.78 is 0. The topological polar surface area (TPSA) is 48.7 Å². The number of nitrogens with one attached hydrogen (secondary N) is 1. The van der Waals surface area contributed by atoms with Gasteiger partial charge in [0.15, 0.2) is 0 Å². The van der Waals surface area contributed by atoms with E-state index in [1.807, 2.05) is 44.2 Å². The van der Waals surface area contributed by atoms with Crippen LogP contribution < -0.4 is 5.32 Å². The Labute approximate surface area is 124 Å². The highest BCUT2D eigenvalue weighted by molar-refractivity contribution is 7.11. The first kappa shape index (κ1) is 14.7. The summed E-state index contributed by atoms with van der Waals surface area (Å²) in [5, 5.41) is 13.9. The zero-order valence-electron chi connectivity index (χ0n) is 12.1. The first-order valence-corrected chi connectivity index (χ1v) is 7.55. The number of hydrogen-bond donors (Lipinski definition) is 1. The van der Waals surface area contributed by atoms with E-state index >= 15 is 0 Å². The molecule has 3 nitrogen and oxygen atoms in total. The van der Waals surface area contributed by atoms with E-state index in [0.29, 0.717) is 6.54 Å². The largest absolute Gasteiger partial charge is 0.308 e. The summed E-state index contributed by atoms with van der Waals surface area (Å²) in [5.41, 5.74) is 2.15. The van der Waals surface area contributed by atoms with Gasteiger partial charge in [-0.25, -0.2) is 4.98 Å². The number of nitrogens with zero attached hydrogens (tertiary/aromatic N) is 2. The summed E-state index contributed by atoms with van der Waals surface area (Å²) in [7, 11) is 0. The highest BCUT2D eigenvalue weighted by atomic mass is 32.1. The van der Waals surface area contributed by atoms with Crippen molar-refractivity contribution < 1.29 is 0 Å². The van der Waals surface area contributed by atoms with E-state index in [-0.39, 0.29) is 12.0 Å². The lowest BCUT2D eigenvalue weighted by molar-refractivity contribution is 0.562. The number of thiazole rings is 1. The van der Waals surface area contributed by atoms with Crippen LogP contribution in [0.1, 0.15) is 40.0 Å². The third kappa shape index (κ3) is 3.44. The van der Waals surface area contributed by atoms with E-state index in [1.165, 1.54) is 4.88 Å². The molecule has 2 aromatic rings. The van der Waals surface area contributed by atoms with E-state index in [4.69, 9.17) is 0 Å². The van der Waals surface area contributed by atoms with E-state index < -0.39 is 0 Å². The molecular formula is C16H19N3S. The Morgan fingerprint density at radius 3 is 2.55 bits per heavy atom. The van der Waals surface area contributed by atoms with Crippen molar-refractivity contribution in [2.75, 3.05) is 6.54 Å². The minimum absolute atomic E-state index is 0.118. The van der Waals surface area contributed by atoms with Gasteiger partial charge in [0, 0.05) is 17.5 Å². The summed E-state index contributed by atoms with van der Waals surface area (Å²) in [5.74, 6) is -0.118. The molecule has 0 spiro atoms. The van der Waals surface area contributed by atoms with Crippen LogP contribution in [0.5, 0.6) is 0 Å². The van der Waals surface area contributed by atoms with Crippen LogP contribution in [0.15, 0.2) is 30.3 Å². The normalized spacial score (nSPS) is 13.7. The summed E-state index contributed by atoms with van der Waals surface area (Å²) in [6.45, 7) is 6.84. The zero-order valence-corrected chi connectivity index (χ0v) is 12.9. The number of aryl methyl sites for hydroxylation is 2.